The van der Waals surface area contributed by atoms with Crippen LogP contribution in [0.25, 0.3) is 0 Å². The third kappa shape index (κ3) is 3.41. The van der Waals surface area contributed by atoms with Gasteiger partial charge in [-0.2, -0.15) is 0 Å². The first-order valence-corrected chi connectivity index (χ1v) is 6.75. The molecule has 2 rings (SSSR count). The number of carbonyl (C=O) groups excluding carboxylic acids is 1. The molecule has 4 nitrogen and oxygen atoms in total. The van der Waals surface area contributed by atoms with Crippen LogP contribution >= 0.6 is 0 Å². The highest BCUT2D eigenvalue weighted by Gasteiger charge is 2.17. The fourth-order valence-electron chi connectivity index (χ4n) is 2.06. The fraction of sp³-hybridized carbons (Fsp3) is 0.235. The highest BCUT2D eigenvalue weighted by Crippen LogP contribution is 2.25. The smallest absolute Gasteiger partial charge is 0.197 e. The van der Waals surface area contributed by atoms with Gasteiger partial charge in [-0.05, 0) is 30.7 Å². The van der Waals surface area contributed by atoms with Crippen molar-refractivity contribution in [1.29, 1.82) is 0 Å². The number of methoxy groups -OCH3 is 1. The molecular formula is C17H19NO3. The number of benzene rings is 2. The molecule has 0 saturated carbocycles. The van der Waals surface area contributed by atoms with Gasteiger partial charge in [0, 0.05) is 18.4 Å². The minimum absolute atomic E-state index is 0.0900. The lowest BCUT2D eigenvalue weighted by atomic mass is 9.97. The summed E-state index contributed by atoms with van der Waals surface area (Å²) in [6, 6.07) is 12.5. The fourth-order valence-corrected chi connectivity index (χ4v) is 2.06. The average molecular weight is 285 g/mol. The molecular weight excluding hydrogens is 266 g/mol. The Kier molecular flexibility index (Phi) is 4.95. The maximum atomic E-state index is 12.7. The van der Waals surface area contributed by atoms with Gasteiger partial charge in [0.25, 0.3) is 0 Å². The van der Waals surface area contributed by atoms with Crippen molar-refractivity contribution in [2.75, 3.05) is 26.1 Å². The zero-order chi connectivity index (χ0) is 15.2. The van der Waals surface area contributed by atoms with E-state index in [2.05, 4.69) is 0 Å². The standard InChI is InChI=1S/C17H19NO3/c1-12-13(7-5-8-15(12)18)17(19)14-6-3-4-9-16(14)21-11-10-20-2/h3-9H,10-11,18H2,1-2H3. The molecule has 0 unspecified atom stereocenters. The zero-order valence-electron chi connectivity index (χ0n) is 12.3. The van der Waals surface area contributed by atoms with Crippen LogP contribution in [-0.4, -0.2) is 26.1 Å². The summed E-state index contributed by atoms with van der Waals surface area (Å²) in [5, 5.41) is 0. The van der Waals surface area contributed by atoms with Crippen LogP contribution in [0.5, 0.6) is 5.75 Å². The Morgan fingerprint density at radius 2 is 1.76 bits per heavy atom. The molecule has 0 aliphatic heterocycles. The summed E-state index contributed by atoms with van der Waals surface area (Å²) >= 11 is 0. The van der Waals surface area contributed by atoms with Crippen molar-refractivity contribution in [1.82, 2.24) is 0 Å². The van der Waals surface area contributed by atoms with Crippen LogP contribution in [-0.2, 0) is 4.74 Å². The average Bonchev–Trinajstić information content (AvgIpc) is 2.50. The molecule has 0 aromatic heterocycles. The van der Waals surface area contributed by atoms with Gasteiger partial charge in [-0.3, -0.25) is 4.79 Å². The van der Waals surface area contributed by atoms with E-state index in [1.807, 2.05) is 19.1 Å². The molecule has 0 aliphatic carbocycles. The molecule has 0 bridgehead atoms. The van der Waals surface area contributed by atoms with E-state index < -0.39 is 0 Å². The predicted octanol–water partition coefficient (Wildman–Crippen LogP) is 2.83. The Bertz CT molecular complexity index is 638. The van der Waals surface area contributed by atoms with E-state index in [0.29, 0.717) is 35.8 Å². The first-order valence-electron chi connectivity index (χ1n) is 6.75. The van der Waals surface area contributed by atoms with Crippen LogP contribution in [0.15, 0.2) is 42.5 Å². The van der Waals surface area contributed by atoms with Gasteiger partial charge in [0.15, 0.2) is 5.78 Å². The second-order valence-corrected chi connectivity index (χ2v) is 4.69. The summed E-state index contributed by atoms with van der Waals surface area (Å²) < 4.78 is 10.6. The Hall–Kier alpha value is -2.33. The van der Waals surface area contributed by atoms with Crippen LogP contribution in [0.2, 0.25) is 0 Å². The van der Waals surface area contributed by atoms with Crippen molar-refractivity contribution in [3.8, 4) is 5.75 Å². The van der Waals surface area contributed by atoms with E-state index in [1.54, 1.807) is 37.4 Å². The topological polar surface area (TPSA) is 61.5 Å². The maximum Gasteiger partial charge on any atom is 0.197 e. The number of hydrogen-bond acceptors (Lipinski definition) is 4. The van der Waals surface area contributed by atoms with Crippen LogP contribution in [0, 0.1) is 6.92 Å². The summed E-state index contributed by atoms with van der Waals surface area (Å²) in [5.41, 5.74) is 8.39. The van der Waals surface area contributed by atoms with Gasteiger partial charge in [-0.1, -0.05) is 24.3 Å². The summed E-state index contributed by atoms with van der Waals surface area (Å²) in [6.07, 6.45) is 0. The molecule has 21 heavy (non-hydrogen) atoms. The summed E-state index contributed by atoms with van der Waals surface area (Å²) in [5.74, 6) is 0.467. The molecule has 0 spiro atoms. The van der Waals surface area contributed by atoms with Crippen molar-refractivity contribution < 1.29 is 14.3 Å². The lowest BCUT2D eigenvalue weighted by Gasteiger charge is -2.12. The molecule has 0 saturated heterocycles. The zero-order valence-corrected chi connectivity index (χ0v) is 12.3. The number of carbonyl (C=O) groups is 1. The molecule has 2 aromatic carbocycles. The Morgan fingerprint density at radius 1 is 1.05 bits per heavy atom. The van der Waals surface area contributed by atoms with Crippen molar-refractivity contribution in [2.24, 2.45) is 0 Å². The predicted molar refractivity (Wildman–Crippen MR) is 82.8 cm³/mol. The van der Waals surface area contributed by atoms with Gasteiger partial charge in [-0.25, -0.2) is 0 Å². The SMILES string of the molecule is COCCOc1ccccc1C(=O)c1cccc(N)c1C. The van der Waals surface area contributed by atoms with Crippen LogP contribution in [0.3, 0.4) is 0 Å². The lowest BCUT2D eigenvalue weighted by molar-refractivity contribution is 0.103. The van der Waals surface area contributed by atoms with Crippen molar-refractivity contribution in [2.45, 2.75) is 6.92 Å². The monoisotopic (exact) mass is 285 g/mol. The van der Waals surface area contributed by atoms with Gasteiger partial charge >= 0.3 is 0 Å². The minimum Gasteiger partial charge on any atom is -0.490 e. The summed E-state index contributed by atoms with van der Waals surface area (Å²) in [7, 11) is 1.61. The van der Waals surface area contributed by atoms with E-state index >= 15 is 0 Å². The Balaban J connectivity index is 2.33. The molecule has 2 N–H and O–H groups in total. The molecule has 0 aliphatic rings. The molecule has 0 fully saturated rings. The maximum absolute atomic E-state index is 12.7. The van der Waals surface area contributed by atoms with E-state index in [1.165, 1.54) is 0 Å². The molecule has 4 heteroatoms. The summed E-state index contributed by atoms with van der Waals surface area (Å²) in [6.45, 7) is 2.72. The quantitative estimate of drug-likeness (QED) is 0.503. The molecule has 0 amide bonds. The first kappa shape index (κ1) is 15.1. The van der Waals surface area contributed by atoms with E-state index in [9.17, 15) is 4.79 Å². The van der Waals surface area contributed by atoms with Gasteiger partial charge in [-0.15, -0.1) is 0 Å². The molecule has 2 aromatic rings. The highest BCUT2D eigenvalue weighted by molar-refractivity contribution is 6.12. The highest BCUT2D eigenvalue weighted by atomic mass is 16.5. The number of nitrogens with two attached hydrogens (primary N) is 1. The second-order valence-electron chi connectivity index (χ2n) is 4.69. The Labute approximate surface area is 124 Å². The number of anilines is 1. The lowest BCUT2D eigenvalue weighted by Crippen LogP contribution is -2.10. The van der Waals surface area contributed by atoms with Gasteiger partial charge in [0.05, 0.1) is 12.2 Å². The second kappa shape index (κ2) is 6.90. The number of rotatable bonds is 6. The van der Waals surface area contributed by atoms with Crippen molar-refractivity contribution in [3.63, 3.8) is 0 Å². The van der Waals surface area contributed by atoms with E-state index in [-0.39, 0.29) is 5.78 Å². The third-order valence-corrected chi connectivity index (χ3v) is 3.30. The van der Waals surface area contributed by atoms with Crippen LogP contribution < -0.4 is 10.5 Å². The number of ketones is 1. The molecule has 0 heterocycles. The van der Waals surface area contributed by atoms with Gasteiger partial charge < -0.3 is 15.2 Å². The van der Waals surface area contributed by atoms with E-state index in [4.69, 9.17) is 15.2 Å². The number of nitrogen functional groups attached to an aromatic ring is 1. The largest absolute Gasteiger partial charge is 0.490 e. The molecule has 0 atom stereocenters. The van der Waals surface area contributed by atoms with E-state index in [0.717, 1.165) is 5.56 Å². The minimum atomic E-state index is -0.0900. The molecule has 110 valence electrons. The van der Waals surface area contributed by atoms with Crippen molar-refractivity contribution in [3.05, 3.63) is 59.2 Å². The normalized spacial score (nSPS) is 10.4. The van der Waals surface area contributed by atoms with Crippen LogP contribution in [0.1, 0.15) is 21.5 Å². The van der Waals surface area contributed by atoms with Gasteiger partial charge in [0.2, 0.25) is 0 Å². The number of hydrogen-bond donors (Lipinski definition) is 1. The third-order valence-electron chi connectivity index (χ3n) is 3.30. The molecule has 0 radical (unpaired) electrons. The number of ether oxygens (including phenoxy) is 2. The summed E-state index contributed by atoms with van der Waals surface area (Å²) in [4.78, 5) is 12.7. The van der Waals surface area contributed by atoms with Crippen LogP contribution in [0.4, 0.5) is 5.69 Å². The number of para-hydroxylation sites is 1. The Morgan fingerprint density at radius 3 is 2.52 bits per heavy atom. The van der Waals surface area contributed by atoms with Crippen molar-refractivity contribution >= 4 is 11.5 Å². The first-order chi connectivity index (χ1) is 10.1. The van der Waals surface area contributed by atoms with Gasteiger partial charge in [0.1, 0.15) is 12.4 Å².